The maximum atomic E-state index is 12.1. The summed E-state index contributed by atoms with van der Waals surface area (Å²) in [5, 5.41) is 2.01. The summed E-state index contributed by atoms with van der Waals surface area (Å²) in [6.07, 6.45) is 0. The van der Waals surface area contributed by atoms with Gasteiger partial charge in [-0.15, -0.1) is 0 Å². The first-order valence-electron chi connectivity index (χ1n) is 3.78. The average Bonchev–Trinajstić information content (AvgIpc) is 2.17. The van der Waals surface area contributed by atoms with Gasteiger partial charge >= 0.3 is 5.51 Å². The average molecular weight is 267 g/mol. The number of isothiocyanates is 1. The molecule has 0 aliphatic rings. The van der Waals surface area contributed by atoms with Crippen molar-refractivity contribution < 1.29 is 21.6 Å². The molecular formula is C8H4F3NO2S2. The van der Waals surface area contributed by atoms with Crippen LogP contribution >= 0.6 is 12.2 Å². The number of sulfone groups is 1. The molecule has 0 spiro atoms. The number of aliphatic imine (C=N–C) groups is 1. The molecule has 0 aliphatic carbocycles. The summed E-state index contributed by atoms with van der Waals surface area (Å²) < 4.78 is 58.2. The van der Waals surface area contributed by atoms with Gasteiger partial charge in [0.15, 0.2) is 0 Å². The molecule has 0 aliphatic heterocycles. The van der Waals surface area contributed by atoms with Crippen molar-refractivity contribution in [1.82, 2.24) is 0 Å². The highest BCUT2D eigenvalue weighted by Crippen LogP contribution is 2.30. The van der Waals surface area contributed by atoms with Crippen LogP contribution in [0.1, 0.15) is 0 Å². The Morgan fingerprint density at radius 1 is 1.19 bits per heavy atom. The summed E-state index contributed by atoms with van der Waals surface area (Å²) in [7, 11) is -5.30. The van der Waals surface area contributed by atoms with Gasteiger partial charge in [-0.3, -0.25) is 0 Å². The predicted octanol–water partition coefficient (Wildman–Crippen LogP) is 2.71. The minimum atomic E-state index is -5.30. The van der Waals surface area contributed by atoms with Crippen LogP contribution in [0, 0.1) is 0 Å². The maximum Gasteiger partial charge on any atom is 0.501 e. The second kappa shape index (κ2) is 4.32. The van der Waals surface area contributed by atoms with E-state index in [4.69, 9.17) is 0 Å². The van der Waals surface area contributed by atoms with Gasteiger partial charge in [-0.1, -0.05) is 0 Å². The zero-order valence-corrected chi connectivity index (χ0v) is 9.16. The summed E-state index contributed by atoms with van der Waals surface area (Å²) in [4.78, 5) is 2.65. The second-order valence-corrected chi connectivity index (χ2v) is 4.77. The standard InChI is InChI=1S/C8H4F3NO2S2/c9-8(10,11)16(13,14)7-3-1-6(2-4-7)12-5-15/h1-4H. The molecule has 8 heteroatoms. The smallest absolute Gasteiger partial charge is 0.214 e. The number of halogens is 3. The fourth-order valence-electron chi connectivity index (χ4n) is 0.886. The Hall–Kier alpha value is -1.24. The molecule has 0 bridgehead atoms. The van der Waals surface area contributed by atoms with Crippen LogP contribution in [0.15, 0.2) is 34.2 Å². The lowest BCUT2D eigenvalue weighted by molar-refractivity contribution is -0.0436. The minimum Gasteiger partial charge on any atom is -0.214 e. The minimum absolute atomic E-state index is 0.233. The molecule has 16 heavy (non-hydrogen) atoms. The van der Waals surface area contributed by atoms with Crippen molar-refractivity contribution in [1.29, 1.82) is 0 Å². The molecule has 0 saturated heterocycles. The quantitative estimate of drug-likeness (QED) is 0.611. The van der Waals surface area contributed by atoms with E-state index in [9.17, 15) is 21.6 Å². The Morgan fingerprint density at radius 3 is 2.06 bits per heavy atom. The highest BCUT2D eigenvalue weighted by molar-refractivity contribution is 7.92. The van der Waals surface area contributed by atoms with Gasteiger partial charge in [0.1, 0.15) is 0 Å². The number of hydrogen-bond donors (Lipinski definition) is 0. The van der Waals surface area contributed by atoms with E-state index in [-0.39, 0.29) is 5.69 Å². The summed E-state index contributed by atoms with van der Waals surface area (Å²) in [6.45, 7) is 0. The van der Waals surface area contributed by atoms with Crippen LogP contribution in [0.4, 0.5) is 18.9 Å². The zero-order chi connectivity index (χ0) is 12.4. The SMILES string of the molecule is O=S(=O)(c1ccc(N=C=S)cc1)C(F)(F)F. The number of rotatable bonds is 2. The fourth-order valence-corrected chi connectivity index (χ4v) is 1.75. The molecule has 0 fully saturated rings. The molecule has 0 radical (unpaired) electrons. The molecule has 0 N–H and O–H groups in total. The van der Waals surface area contributed by atoms with E-state index in [1.165, 1.54) is 0 Å². The molecule has 1 aromatic carbocycles. The van der Waals surface area contributed by atoms with Gasteiger partial charge in [-0.25, -0.2) is 8.42 Å². The lowest BCUT2D eigenvalue weighted by Gasteiger charge is -2.07. The van der Waals surface area contributed by atoms with Crippen molar-refractivity contribution in [3.8, 4) is 0 Å². The van der Waals surface area contributed by atoms with Crippen LogP contribution in [-0.4, -0.2) is 19.1 Å². The van der Waals surface area contributed by atoms with Crippen molar-refractivity contribution in [2.75, 3.05) is 0 Å². The first kappa shape index (κ1) is 12.8. The highest BCUT2D eigenvalue weighted by atomic mass is 32.2. The van der Waals surface area contributed by atoms with Gasteiger partial charge in [0.05, 0.1) is 15.7 Å². The first-order chi connectivity index (χ1) is 7.29. The van der Waals surface area contributed by atoms with Crippen LogP contribution in [0.5, 0.6) is 0 Å². The van der Waals surface area contributed by atoms with Crippen LogP contribution in [0.2, 0.25) is 0 Å². The van der Waals surface area contributed by atoms with Crippen LogP contribution in [0.3, 0.4) is 0 Å². The molecule has 0 atom stereocenters. The third-order valence-electron chi connectivity index (χ3n) is 1.63. The zero-order valence-electron chi connectivity index (χ0n) is 7.52. The summed E-state index contributed by atoms with van der Waals surface area (Å²) >= 11 is 4.28. The van der Waals surface area contributed by atoms with Crippen LogP contribution in [0.25, 0.3) is 0 Å². The van der Waals surface area contributed by atoms with Gasteiger partial charge in [-0.05, 0) is 36.5 Å². The molecule has 0 aromatic heterocycles. The maximum absolute atomic E-state index is 12.1. The van der Waals surface area contributed by atoms with Crippen LogP contribution < -0.4 is 0 Å². The predicted molar refractivity (Wildman–Crippen MR) is 54.4 cm³/mol. The van der Waals surface area contributed by atoms with E-state index in [0.717, 1.165) is 24.3 Å². The normalized spacial score (nSPS) is 11.9. The summed E-state index contributed by atoms with van der Waals surface area (Å²) in [5.41, 5.74) is -5.07. The summed E-state index contributed by atoms with van der Waals surface area (Å²) in [5.74, 6) is 0. The largest absolute Gasteiger partial charge is 0.501 e. The molecule has 1 rings (SSSR count). The van der Waals surface area contributed by atoms with Crippen molar-refractivity contribution in [2.24, 2.45) is 4.99 Å². The number of benzene rings is 1. The third kappa shape index (κ3) is 2.46. The van der Waals surface area contributed by atoms with Gasteiger partial charge in [-0.2, -0.15) is 18.2 Å². The van der Waals surface area contributed by atoms with E-state index < -0.39 is 20.2 Å². The van der Waals surface area contributed by atoms with Crippen LogP contribution in [-0.2, 0) is 9.84 Å². The highest BCUT2D eigenvalue weighted by Gasteiger charge is 2.46. The van der Waals surface area contributed by atoms with E-state index >= 15 is 0 Å². The van der Waals surface area contributed by atoms with E-state index in [0.29, 0.717) is 0 Å². The lowest BCUT2D eigenvalue weighted by Crippen LogP contribution is -2.23. The van der Waals surface area contributed by atoms with Gasteiger partial charge in [0.2, 0.25) is 0 Å². The lowest BCUT2D eigenvalue weighted by atomic mass is 10.3. The molecule has 3 nitrogen and oxygen atoms in total. The molecule has 0 heterocycles. The number of hydrogen-bond acceptors (Lipinski definition) is 4. The fraction of sp³-hybridized carbons (Fsp3) is 0.125. The van der Waals surface area contributed by atoms with E-state index in [1.807, 2.05) is 5.16 Å². The molecule has 0 amide bonds. The van der Waals surface area contributed by atoms with Crippen molar-refractivity contribution in [2.45, 2.75) is 10.4 Å². The molecule has 86 valence electrons. The Balaban J connectivity index is 3.22. The third-order valence-corrected chi connectivity index (χ3v) is 3.22. The van der Waals surface area contributed by atoms with E-state index in [1.54, 1.807) is 0 Å². The van der Waals surface area contributed by atoms with Gasteiger partial charge < -0.3 is 0 Å². The molecular weight excluding hydrogens is 263 g/mol. The Labute approximate surface area is 94.5 Å². The Kier molecular flexibility index (Phi) is 3.47. The summed E-state index contributed by atoms with van der Waals surface area (Å²) in [6, 6.07) is 3.85. The topological polar surface area (TPSA) is 46.5 Å². The molecule has 0 unspecified atom stereocenters. The monoisotopic (exact) mass is 267 g/mol. The molecule has 1 aromatic rings. The Bertz CT molecular complexity index is 527. The van der Waals surface area contributed by atoms with Gasteiger partial charge in [0, 0.05) is 0 Å². The van der Waals surface area contributed by atoms with Crippen molar-refractivity contribution in [3.63, 3.8) is 0 Å². The Morgan fingerprint density at radius 2 is 1.69 bits per heavy atom. The second-order valence-electron chi connectivity index (χ2n) is 2.65. The first-order valence-corrected chi connectivity index (χ1v) is 5.67. The number of nitrogens with zero attached hydrogens (tertiary/aromatic N) is 1. The number of thiocarbonyl (C=S) groups is 1. The molecule has 0 saturated carbocycles. The van der Waals surface area contributed by atoms with E-state index in [2.05, 4.69) is 17.2 Å². The van der Waals surface area contributed by atoms with Crippen molar-refractivity contribution in [3.05, 3.63) is 24.3 Å². The van der Waals surface area contributed by atoms with Crippen molar-refractivity contribution >= 4 is 32.9 Å². The van der Waals surface area contributed by atoms with Gasteiger partial charge in [0.25, 0.3) is 9.84 Å². The number of alkyl halides is 3.